The topological polar surface area (TPSA) is 61.3 Å². The molecule has 0 radical (unpaired) electrons. The molecule has 0 aliphatic carbocycles. The van der Waals surface area contributed by atoms with E-state index in [9.17, 15) is 18.0 Å². The lowest BCUT2D eigenvalue weighted by atomic mass is 9.90. The Morgan fingerprint density at radius 3 is 2.86 bits per heavy atom. The average molecular weight is 319 g/mol. The maximum Gasteiger partial charge on any atom is 0.404 e. The van der Waals surface area contributed by atoms with E-state index in [1.807, 2.05) is 0 Å². The summed E-state index contributed by atoms with van der Waals surface area (Å²) in [4.78, 5) is 12.7. The molecule has 0 aromatic carbocycles. The van der Waals surface area contributed by atoms with Crippen LogP contribution in [0, 0.1) is 0 Å². The summed E-state index contributed by atoms with van der Waals surface area (Å²) in [7, 11) is 0. The minimum absolute atomic E-state index is 0.0121. The van der Waals surface area contributed by atoms with Crippen molar-refractivity contribution in [3.63, 3.8) is 0 Å². The van der Waals surface area contributed by atoms with Gasteiger partial charge >= 0.3 is 6.18 Å². The number of nitrogens with one attached hydrogen (secondary N) is 2. The third-order valence-electron chi connectivity index (χ3n) is 4.64. The fraction of sp³-hybridized carbons (Fsp3) is 0.786. The van der Waals surface area contributed by atoms with E-state index >= 15 is 0 Å². The summed E-state index contributed by atoms with van der Waals surface area (Å²) in [6, 6.07) is 0.100. The van der Waals surface area contributed by atoms with Crippen molar-refractivity contribution >= 4 is 0 Å². The van der Waals surface area contributed by atoms with Gasteiger partial charge in [-0.2, -0.15) is 18.3 Å². The number of rotatable bonds is 3. The molecule has 2 aliphatic heterocycles. The summed E-state index contributed by atoms with van der Waals surface area (Å²) in [5.74, 6) is 0.683. The van der Waals surface area contributed by atoms with Gasteiger partial charge in [0.25, 0.3) is 5.56 Å². The number of H-pyrrole nitrogens is 1. The molecule has 0 bridgehead atoms. The number of hydrogen-bond donors (Lipinski definition) is 2. The molecular weight excluding hydrogens is 299 g/mol. The molecule has 2 fully saturated rings. The van der Waals surface area contributed by atoms with Crippen molar-refractivity contribution in [2.75, 3.05) is 19.6 Å². The van der Waals surface area contributed by atoms with Crippen molar-refractivity contribution in [1.29, 1.82) is 0 Å². The molecule has 22 heavy (non-hydrogen) atoms. The van der Waals surface area contributed by atoms with Crippen LogP contribution in [0.5, 0.6) is 0 Å². The van der Waals surface area contributed by atoms with E-state index in [-0.39, 0.29) is 23.9 Å². The van der Waals surface area contributed by atoms with Gasteiger partial charge in [-0.1, -0.05) is 0 Å². The molecule has 2 saturated heterocycles. The Hall–Kier alpha value is -1.28. The third-order valence-corrected chi connectivity index (χ3v) is 4.64. The first kappa shape index (κ1) is 15.6. The van der Waals surface area contributed by atoms with Crippen LogP contribution in [0.4, 0.5) is 13.2 Å². The van der Waals surface area contributed by atoms with Crippen LogP contribution in [-0.2, 0) is 0 Å². The summed E-state index contributed by atoms with van der Waals surface area (Å²) in [5, 5.41) is 5.56. The Morgan fingerprint density at radius 2 is 2.18 bits per heavy atom. The number of alkyl halides is 3. The van der Waals surface area contributed by atoms with Crippen LogP contribution in [0.25, 0.3) is 0 Å². The molecule has 1 aromatic rings. The minimum Gasteiger partial charge on any atom is -0.383 e. The Kier molecular flexibility index (Phi) is 4.31. The van der Waals surface area contributed by atoms with Gasteiger partial charge in [-0.3, -0.25) is 9.69 Å². The third kappa shape index (κ3) is 3.38. The molecule has 2 aliphatic rings. The van der Waals surface area contributed by atoms with Gasteiger partial charge in [-0.05, 0) is 38.8 Å². The standard InChI is InChI=1S/C14H20F3N3O2/c15-14(16,17)12-2-1-5-20(12)8-10-6-9(3-4-18-10)11-7-13(21)19-22-11/h7,9-10,12,18H,1-6,8H2,(H,19,21)/t9-,10+,12-/m0/s1. The SMILES string of the molecule is O=c1cc([C@H]2CCN[C@@H](CN3CCC[C@H]3C(F)(F)F)C2)o[nH]1. The molecule has 3 atom stereocenters. The monoisotopic (exact) mass is 319 g/mol. The van der Waals surface area contributed by atoms with Crippen LogP contribution < -0.4 is 10.9 Å². The van der Waals surface area contributed by atoms with E-state index in [4.69, 9.17) is 4.52 Å². The largest absolute Gasteiger partial charge is 0.404 e. The number of aromatic amines is 1. The van der Waals surface area contributed by atoms with Crippen LogP contribution in [0.1, 0.15) is 37.4 Å². The van der Waals surface area contributed by atoms with Gasteiger partial charge < -0.3 is 9.84 Å². The van der Waals surface area contributed by atoms with Gasteiger partial charge in [0, 0.05) is 24.6 Å². The van der Waals surface area contributed by atoms with Crippen molar-refractivity contribution in [2.24, 2.45) is 0 Å². The van der Waals surface area contributed by atoms with Gasteiger partial charge in [0.2, 0.25) is 0 Å². The Morgan fingerprint density at radius 1 is 1.36 bits per heavy atom. The van der Waals surface area contributed by atoms with Crippen molar-refractivity contribution < 1.29 is 17.7 Å². The summed E-state index contributed by atoms with van der Waals surface area (Å²) >= 11 is 0. The number of aromatic nitrogens is 1. The average Bonchev–Trinajstić information content (AvgIpc) is 3.07. The van der Waals surface area contributed by atoms with Crippen molar-refractivity contribution in [2.45, 2.75) is 49.9 Å². The lowest BCUT2D eigenvalue weighted by Gasteiger charge is -2.34. The second-order valence-corrected chi connectivity index (χ2v) is 6.18. The van der Waals surface area contributed by atoms with Gasteiger partial charge in [0.1, 0.15) is 11.8 Å². The summed E-state index contributed by atoms with van der Waals surface area (Å²) in [5.41, 5.74) is -0.276. The highest BCUT2D eigenvalue weighted by atomic mass is 19.4. The zero-order valence-electron chi connectivity index (χ0n) is 12.2. The fourth-order valence-corrected chi connectivity index (χ4v) is 3.60. The van der Waals surface area contributed by atoms with Crippen molar-refractivity contribution in [1.82, 2.24) is 15.4 Å². The molecule has 3 rings (SSSR count). The Balaban J connectivity index is 1.62. The highest BCUT2D eigenvalue weighted by molar-refractivity contribution is 5.05. The fourth-order valence-electron chi connectivity index (χ4n) is 3.60. The highest BCUT2D eigenvalue weighted by Gasteiger charge is 2.46. The summed E-state index contributed by atoms with van der Waals surface area (Å²) < 4.78 is 44.1. The van der Waals surface area contributed by atoms with Crippen LogP contribution in [0.2, 0.25) is 0 Å². The molecule has 2 N–H and O–H groups in total. The van der Waals surface area contributed by atoms with Gasteiger partial charge in [-0.15, -0.1) is 0 Å². The van der Waals surface area contributed by atoms with Crippen LogP contribution in [0.15, 0.2) is 15.4 Å². The minimum atomic E-state index is -4.15. The zero-order chi connectivity index (χ0) is 15.7. The first-order valence-corrected chi connectivity index (χ1v) is 7.66. The number of likely N-dealkylation sites (tertiary alicyclic amines) is 1. The van der Waals surface area contributed by atoms with Crippen molar-refractivity contribution in [3.8, 4) is 0 Å². The first-order valence-electron chi connectivity index (χ1n) is 7.66. The number of nitrogens with zero attached hydrogens (tertiary/aromatic N) is 1. The van der Waals surface area contributed by atoms with E-state index in [2.05, 4.69) is 10.5 Å². The predicted octanol–water partition coefficient (Wildman–Crippen LogP) is 1.83. The quantitative estimate of drug-likeness (QED) is 0.892. The predicted molar refractivity (Wildman–Crippen MR) is 73.7 cm³/mol. The maximum absolute atomic E-state index is 13.0. The zero-order valence-corrected chi connectivity index (χ0v) is 12.2. The maximum atomic E-state index is 13.0. The number of piperidine rings is 1. The van der Waals surface area contributed by atoms with Gasteiger partial charge in [0.15, 0.2) is 0 Å². The molecule has 3 heterocycles. The van der Waals surface area contributed by atoms with E-state index in [1.54, 1.807) is 0 Å². The smallest absolute Gasteiger partial charge is 0.383 e. The van der Waals surface area contributed by atoms with E-state index in [0.29, 0.717) is 31.7 Å². The van der Waals surface area contributed by atoms with Crippen LogP contribution in [-0.4, -0.2) is 48.0 Å². The molecule has 0 spiro atoms. The second kappa shape index (κ2) is 6.08. The number of hydrogen-bond acceptors (Lipinski definition) is 4. The molecule has 8 heteroatoms. The number of halogens is 3. The molecule has 124 valence electrons. The van der Waals surface area contributed by atoms with Crippen molar-refractivity contribution in [3.05, 3.63) is 22.2 Å². The van der Waals surface area contributed by atoms with E-state index in [1.165, 1.54) is 11.0 Å². The summed E-state index contributed by atoms with van der Waals surface area (Å²) in [6.45, 7) is 1.59. The van der Waals surface area contributed by atoms with Gasteiger partial charge in [-0.25, -0.2) is 0 Å². The van der Waals surface area contributed by atoms with Gasteiger partial charge in [0.05, 0.1) is 0 Å². The first-order chi connectivity index (χ1) is 10.4. The highest BCUT2D eigenvalue weighted by Crippen LogP contribution is 2.34. The second-order valence-electron chi connectivity index (χ2n) is 6.18. The summed E-state index contributed by atoms with van der Waals surface area (Å²) in [6.07, 6.45) is -1.88. The van der Waals surface area contributed by atoms with Crippen LogP contribution in [0.3, 0.4) is 0 Å². The lowest BCUT2D eigenvalue weighted by Crippen LogP contribution is -2.50. The molecule has 0 saturated carbocycles. The molecular formula is C14H20F3N3O2. The van der Waals surface area contributed by atoms with Crippen LogP contribution >= 0.6 is 0 Å². The molecule has 0 unspecified atom stereocenters. The molecule has 5 nitrogen and oxygen atoms in total. The molecule has 1 aromatic heterocycles. The lowest BCUT2D eigenvalue weighted by molar-refractivity contribution is -0.176. The van der Waals surface area contributed by atoms with E-state index in [0.717, 1.165) is 13.0 Å². The Bertz CT molecular complexity index is 554. The normalized spacial score (nSPS) is 30.8. The Labute approximate surface area is 125 Å². The van der Waals surface area contributed by atoms with E-state index < -0.39 is 12.2 Å². The molecule has 0 amide bonds.